The molecule has 0 saturated carbocycles. The van der Waals surface area contributed by atoms with Gasteiger partial charge in [0, 0.05) is 24.4 Å². The van der Waals surface area contributed by atoms with Crippen LogP contribution in [0.4, 0.5) is 16.2 Å². The first-order valence-electron chi connectivity index (χ1n) is 8.89. The van der Waals surface area contributed by atoms with Crippen molar-refractivity contribution in [3.63, 3.8) is 0 Å². The van der Waals surface area contributed by atoms with Gasteiger partial charge in [-0.3, -0.25) is 9.69 Å². The van der Waals surface area contributed by atoms with Crippen LogP contribution < -0.4 is 10.2 Å². The molecule has 2 heterocycles. The highest BCUT2D eigenvalue weighted by Crippen LogP contribution is 2.37. The third-order valence-corrected chi connectivity index (χ3v) is 5.36. The van der Waals surface area contributed by atoms with E-state index in [1.165, 1.54) is 36.2 Å². The van der Waals surface area contributed by atoms with Crippen molar-refractivity contribution in [2.45, 2.75) is 0 Å². The topological polar surface area (TPSA) is 110 Å². The fourth-order valence-corrected chi connectivity index (χ4v) is 3.89. The molecule has 0 aliphatic heterocycles. The maximum atomic E-state index is 13.2. The summed E-state index contributed by atoms with van der Waals surface area (Å²) in [5.41, 5.74) is 0.213. The number of benzene rings is 1. The number of nitrogens with zero attached hydrogens (tertiary/aromatic N) is 4. The molecule has 0 fully saturated rings. The zero-order chi connectivity index (χ0) is 23.4. The molecule has 3 aromatic rings. The van der Waals surface area contributed by atoms with E-state index in [1.807, 2.05) is 0 Å². The van der Waals surface area contributed by atoms with Crippen LogP contribution in [-0.4, -0.2) is 52.1 Å². The standard InChI is InChI=1S/C19H15BrCl3N5O4/c1-32-6-5-27(19(30)31)13-8-10(21)7-12(23)16(13)25-18(29)14-9-15(20)26-28(14)17-11(22)3-2-4-24-17/h2-4,7-9H,5-6H2,1H3,(H,25,29)(H,30,31). The van der Waals surface area contributed by atoms with Crippen molar-refractivity contribution < 1.29 is 19.4 Å². The first-order chi connectivity index (χ1) is 15.2. The second kappa shape index (κ2) is 10.5. The summed E-state index contributed by atoms with van der Waals surface area (Å²) in [6.07, 6.45) is 0.233. The van der Waals surface area contributed by atoms with E-state index in [2.05, 4.69) is 31.3 Å². The Balaban J connectivity index is 2.04. The lowest BCUT2D eigenvalue weighted by Gasteiger charge is -2.23. The Morgan fingerprint density at radius 2 is 2.00 bits per heavy atom. The van der Waals surface area contributed by atoms with Gasteiger partial charge in [0.05, 0.1) is 34.6 Å². The van der Waals surface area contributed by atoms with E-state index in [9.17, 15) is 14.7 Å². The molecule has 2 aromatic heterocycles. The van der Waals surface area contributed by atoms with Crippen LogP contribution in [0.2, 0.25) is 15.1 Å². The lowest BCUT2D eigenvalue weighted by Crippen LogP contribution is -2.33. The van der Waals surface area contributed by atoms with Gasteiger partial charge in [0.1, 0.15) is 10.3 Å². The second-order valence-corrected chi connectivity index (χ2v) is 8.30. The van der Waals surface area contributed by atoms with Crippen molar-refractivity contribution in [1.82, 2.24) is 14.8 Å². The number of nitrogens with one attached hydrogen (secondary N) is 1. The van der Waals surface area contributed by atoms with E-state index in [1.54, 1.807) is 12.1 Å². The Hall–Kier alpha value is -2.37. The number of rotatable bonds is 7. The summed E-state index contributed by atoms with van der Waals surface area (Å²) in [7, 11) is 1.44. The second-order valence-electron chi connectivity index (χ2n) is 6.24. The molecule has 0 bridgehead atoms. The number of carbonyl (C=O) groups is 2. The van der Waals surface area contributed by atoms with Gasteiger partial charge in [0.25, 0.3) is 5.91 Å². The lowest BCUT2D eigenvalue weighted by atomic mass is 10.2. The molecule has 9 nitrogen and oxygen atoms in total. The zero-order valence-electron chi connectivity index (χ0n) is 16.4. The number of hydrogen-bond acceptors (Lipinski definition) is 5. The van der Waals surface area contributed by atoms with Gasteiger partial charge in [0.2, 0.25) is 0 Å². The molecule has 13 heteroatoms. The van der Waals surface area contributed by atoms with Crippen molar-refractivity contribution in [2.24, 2.45) is 0 Å². The Morgan fingerprint density at radius 1 is 1.25 bits per heavy atom. The largest absolute Gasteiger partial charge is 0.465 e. The molecule has 0 unspecified atom stereocenters. The summed E-state index contributed by atoms with van der Waals surface area (Å²) < 4.78 is 6.59. The van der Waals surface area contributed by atoms with E-state index < -0.39 is 12.0 Å². The van der Waals surface area contributed by atoms with Gasteiger partial charge in [-0.15, -0.1) is 0 Å². The van der Waals surface area contributed by atoms with Crippen LogP contribution in [-0.2, 0) is 4.74 Å². The van der Waals surface area contributed by atoms with Crippen LogP contribution >= 0.6 is 50.7 Å². The molecule has 168 valence electrons. The van der Waals surface area contributed by atoms with E-state index in [-0.39, 0.29) is 51.1 Å². The number of carbonyl (C=O) groups excluding carboxylic acids is 1. The summed E-state index contributed by atoms with van der Waals surface area (Å²) in [5, 5.41) is 17.1. The van der Waals surface area contributed by atoms with Gasteiger partial charge >= 0.3 is 6.09 Å². The lowest BCUT2D eigenvalue weighted by molar-refractivity contribution is 0.101. The van der Waals surface area contributed by atoms with Gasteiger partial charge in [-0.25, -0.2) is 14.5 Å². The third kappa shape index (κ3) is 5.33. The van der Waals surface area contributed by atoms with Gasteiger partial charge < -0.3 is 15.2 Å². The first-order valence-corrected chi connectivity index (χ1v) is 10.8. The molecule has 0 atom stereocenters. The molecule has 0 radical (unpaired) electrons. The molecule has 2 amide bonds. The minimum atomic E-state index is -1.27. The molecular weight excluding hydrogens is 549 g/mol. The molecule has 1 aromatic carbocycles. The zero-order valence-corrected chi connectivity index (χ0v) is 20.2. The normalized spacial score (nSPS) is 10.8. The number of carboxylic acid groups (broad SMARTS) is 1. The SMILES string of the molecule is COCCN(C(=O)O)c1cc(Cl)cc(Cl)c1NC(=O)c1cc(Br)nn1-c1ncccc1Cl. The number of anilines is 2. The molecule has 32 heavy (non-hydrogen) atoms. The Labute approximate surface area is 206 Å². The molecule has 0 spiro atoms. The number of methoxy groups -OCH3 is 1. The van der Waals surface area contributed by atoms with Crippen LogP contribution in [0.15, 0.2) is 41.1 Å². The highest BCUT2D eigenvalue weighted by molar-refractivity contribution is 9.10. The number of hydrogen-bond donors (Lipinski definition) is 2. The average Bonchev–Trinajstić information content (AvgIpc) is 3.12. The highest BCUT2D eigenvalue weighted by Gasteiger charge is 2.25. The molecular formula is C19H15BrCl3N5O4. The van der Waals surface area contributed by atoms with E-state index >= 15 is 0 Å². The van der Waals surface area contributed by atoms with Crippen molar-refractivity contribution in [2.75, 3.05) is 30.5 Å². The maximum Gasteiger partial charge on any atom is 0.411 e. The minimum absolute atomic E-state index is 0.0155. The number of halogens is 4. The monoisotopic (exact) mass is 561 g/mol. The molecule has 0 aliphatic carbocycles. The molecule has 2 N–H and O–H groups in total. The quantitative estimate of drug-likeness (QED) is 0.400. The van der Waals surface area contributed by atoms with E-state index in [0.717, 1.165) is 4.90 Å². The fraction of sp³-hybridized carbons (Fsp3) is 0.158. The Bertz CT molecular complexity index is 1170. The van der Waals surface area contributed by atoms with Crippen LogP contribution in [0.3, 0.4) is 0 Å². The Kier molecular flexibility index (Phi) is 7.96. The van der Waals surface area contributed by atoms with Crippen molar-refractivity contribution >= 4 is 74.1 Å². The molecule has 3 rings (SSSR count). The van der Waals surface area contributed by atoms with E-state index in [4.69, 9.17) is 39.5 Å². The van der Waals surface area contributed by atoms with Gasteiger partial charge in [0.15, 0.2) is 5.82 Å². The van der Waals surface area contributed by atoms with Crippen LogP contribution in [0.1, 0.15) is 10.5 Å². The predicted molar refractivity (Wildman–Crippen MR) is 126 cm³/mol. The predicted octanol–water partition coefficient (Wildman–Crippen LogP) is 5.37. The van der Waals surface area contributed by atoms with Gasteiger partial charge in [-0.1, -0.05) is 34.8 Å². The number of aromatic nitrogens is 3. The number of ether oxygens (including phenoxy) is 1. The summed E-state index contributed by atoms with van der Waals surface area (Å²) in [6.45, 7) is 0.0973. The molecule has 0 saturated heterocycles. The van der Waals surface area contributed by atoms with E-state index in [0.29, 0.717) is 4.60 Å². The first kappa shape index (κ1) is 24.3. The smallest absolute Gasteiger partial charge is 0.411 e. The highest BCUT2D eigenvalue weighted by atomic mass is 79.9. The van der Waals surface area contributed by atoms with Crippen molar-refractivity contribution in [3.05, 3.63) is 61.9 Å². The van der Waals surface area contributed by atoms with Gasteiger partial charge in [-0.05, 0) is 40.2 Å². The number of pyridine rings is 1. The fourth-order valence-electron chi connectivity index (χ4n) is 2.78. The summed E-state index contributed by atoms with van der Waals surface area (Å²) >= 11 is 21.9. The minimum Gasteiger partial charge on any atom is -0.465 e. The third-order valence-electron chi connectivity index (χ3n) is 4.17. The summed E-state index contributed by atoms with van der Waals surface area (Å²) in [4.78, 5) is 30.2. The van der Waals surface area contributed by atoms with Crippen molar-refractivity contribution in [1.29, 1.82) is 0 Å². The average molecular weight is 564 g/mol. The number of amides is 2. The summed E-state index contributed by atoms with van der Waals surface area (Å²) in [6, 6.07) is 7.49. The van der Waals surface area contributed by atoms with Crippen LogP contribution in [0, 0.1) is 0 Å². The molecule has 0 aliphatic rings. The maximum absolute atomic E-state index is 13.2. The Morgan fingerprint density at radius 3 is 2.66 bits per heavy atom. The van der Waals surface area contributed by atoms with Gasteiger partial charge in [-0.2, -0.15) is 5.10 Å². The van der Waals surface area contributed by atoms with Crippen molar-refractivity contribution in [3.8, 4) is 5.82 Å². The van der Waals surface area contributed by atoms with Crippen LogP contribution in [0.5, 0.6) is 0 Å². The summed E-state index contributed by atoms with van der Waals surface area (Å²) in [5.74, 6) is -0.396. The van der Waals surface area contributed by atoms with Crippen LogP contribution in [0.25, 0.3) is 5.82 Å².